The van der Waals surface area contributed by atoms with Gasteiger partial charge in [0.05, 0.1) is 0 Å². The first-order valence-electron chi connectivity index (χ1n) is 4.58. The van der Waals surface area contributed by atoms with Crippen molar-refractivity contribution in [3.05, 3.63) is 0 Å². The van der Waals surface area contributed by atoms with Crippen molar-refractivity contribution in [2.75, 3.05) is 13.2 Å². The van der Waals surface area contributed by atoms with Gasteiger partial charge in [-0.2, -0.15) is 0 Å². The molecule has 0 saturated heterocycles. The van der Waals surface area contributed by atoms with E-state index in [1.165, 1.54) is 0 Å². The molecule has 0 saturated carbocycles. The number of terminal acetylenes is 1. The van der Waals surface area contributed by atoms with Crippen LogP contribution in [0, 0.1) is 12.3 Å². The summed E-state index contributed by atoms with van der Waals surface area (Å²) in [7, 11) is 0. The molecule has 0 aliphatic carbocycles. The van der Waals surface area contributed by atoms with Crippen molar-refractivity contribution in [3.8, 4) is 12.3 Å². The average Bonchev–Trinajstić information content (AvgIpc) is 2.06. The normalized spacial score (nSPS) is 12.4. The Morgan fingerprint density at radius 1 is 1.50 bits per heavy atom. The van der Waals surface area contributed by atoms with Gasteiger partial charge in [-0.3, -0.25) is 0 Å². The van der Waals surface area contributed by atoms with Gasteiger partial charge >= 0.3 is 0 Å². The Hall–Kier alpha value is -0.520. The number of unbranched alkanes of at least 4 members (excludes halogenated alkanes) is 1. The molecule has 12 heavy (non-hydrogen) atoms. The molecule has 0 aromatic rings. The Bertz CT molecular complexity index is 128. The minimum Gasteiger partial charge on any atom is -0.382 e. The first kappa shape index (κ1) is 11.5. The van der Waals surface area contributed by atoms with E-state index in [2.05, 4.69) is 5.92 Å². The summed E-state index contributed by atoms with van der Waals surface area (Å²) >= 11 is 0. The SMILES string of the molecule is C#CCCCC(N)CCOCC. The van der Waals surface area contributed by atoms with Gasteiger partial charge in [0.25, 0.3) is 0 Å². The lowest BCUT2D eigenvalue weighted by Gasteiger charge is -2.09. The van der Waals surface area contributed by atoms with Crippen LogP contribution in [-0.2, 0) is 4.74 Å². The smallest absolute Gasteiger partial charge is 0.0480 e. The topological polar surface area (TPSA) is 35.2 Å². The quantitative estimate of drug-likeness (QED) is 0.463. The molecular formula is C10H19NO. The molecular weight excluding hydrogens is 150 g/mol. The lowest BCUT2D eigenvalue weighted by Crippen LogP contribution is -2.21. The monoisotopic (exact) mass is 169 g/mol. The predicted molar refractivity (Wildman–Crippen MR) is 51.8 cm³/mol. The Kier molecular flexibility index (Phi) is 8.20. The van der Waals surface area contributed by atoms with Gasteiger partial charge in [0.15, 0.2) is 0 Å². The number of nitrogens with two attached hydrogens (primary N) is 1. The fraction of sp³-hybridized carbons (Fsp3) is 0.800. The minimum absolute atomic E-state index is 0.255. The van der Waals surface area contributed by atoms with E-state index in [9.17, 15) is 0 Å². The van der Waals surface area contributed by atoms with Crippen LogP contribution in [0.3, 0.4) is 0 Å². The summed E-state index contributed by atoms with van der Waals surface area (Å²) in [6.07, 6.45) is 8.94. The summed E-state index contributed by atoms with van der Waals surface area (Å²) in [5, 5.41) is 0. The maximum absolute atomic E-state index is 5.81. The predicted octanol–water partition coefficient (Wildman–Crippen LogP) is 1.54. The van der Waals surface area contributed by atoms with E-state index >= 15 is 0 Å². The molecule has 0 heterocycles. The third-order valence-electron chi connectivity index (χ3n) is 1.73. The Balaban J connectivity index is 3.11. The third-order valence-corrected chi connectivity index (χ3v) is 1.73. The van der Waals surface area contributed by atoms with Crippen LogP contribution in [0.2, 0.25) is 0 Å². The van der Waals surface area contributed by atoms with Crippen LogP contribution < -0.4 is 5.73 Å². The lowest BCUT2D eigenvalue weighted by atomic mass is 10.1. The molecule has 0 amide bonds. The second-order valence-corrected chi connectivity index (χ2v) is 2.84. The highest BCUT2D eigenvalue weighted by Gasteiger charge is 2.00. The molecule has 0 aliphatic heterocycles. The highest BCUT2D eigenvalue weighted by molar-refractivity contribution is 4.83. The van der Waals surface area contributed by atoms with Crippen molar-refractivity contribution in [3.63, 3.8) is 0 Å². The maximum atomic E-state index is 5.81. The van der Waals surface area contributed by atoms with Crippen molar-refractivity contribution >= 4 is 0 Å². The van der Waals surface area contributed by atoms with Gasteiger partial charge < -0.3 is 10.5 Å². The third kappa shape index (κ3) is 7.59. The van der Waals surface area contributed by atoms with Crippen LogP contribution in [0.15, 0.2) is 0 Å². The zero-order chi connectivity index (χ0) is 9.23. The number of ether oxygens (including phenoxy) is 1. The van der Waals surface area contributed by atoms with Crippen LogP contribution in [0.5, 0.6) is 0 Å². The van der Waals surface area contributed by atoms with E-state index in [0.29, 0.717) is 0 Å². The van der Waals surface area contributed by atoms with Crippen LogP contribution >= 0.6 is 0 Å². The first-order valence-corrected chi connectivity index (χ1v) is 4.58. The minimum atomic E-state index is 0.255. The van der Waals surface area contributed by atoms with E-state index in [1.54, 1.807) is 0 Å². The van der Waals surface area contributed by atoms with Gasteiger partial charge in [-0.25, -0.2) is 0 Å². The summed E-state index contributed by atoms with van der Waals surface area (Å²) in [6.45, 7) is 3.54. The molecule has 1 atom stereocenters. The van der Waals surface area contributed by atoms with E-state index < -0.39 is 0 Å². The van der Waals surface area contributed by atoms with Crippen LogP contribution in [0.1, 0.15) is 32.6 Å². The van der Waals surface area contributed by atoms with E-state index in [1.807, 2.05) is 6.92 Å². The summed E-state index contributed by atoms with van der Waals surface area (Å²) in [4.78, 5) is 0. The fourth-order valence-electron chi connectivity index (χ4n) is 0.990. The van der Waals surface area contributed by atoms with Crippen LogP contribution in [0.4, 0.5) is 0 Å². The van der Waals surface area contributed by atoms with Crippen molar-refractivity contribution in [1.82, 2.24) is 0 Å². The summed E-state index contributed by atoms with van der Waals surface area (Å²) in [5.41, 5.74) is 5.81. The standard InChI is InChI=1S/C10H19NO/c1-3-5-6-7-10(11)8-9-12-4-2/h1,10H,4-9,11H2,2H3. The molecule has 70 valence electrons. The highest BCUT2D eigenvalue weighted by atomic mass is 16.5. The second-order valence-electron chi connectivity index (χ2n) is 2.84. The van der Waals surface area contributed by atoms with Crippen molar-refractivity contribution in [1.29, 1.82) is 0 Å². The molecule has 0 radical (unpaired) electrons. The zero-order valence-corrected chi connectivity index (χ0v) is 7.88. The number of rotatable bonds is 7. The van der Waals surface area contributed by atoms with Crippen molar-refractivity contribution in [2.24, 2.45) is 5.73 Å². The van der Waals surface area contributed by atoms with Gasteiger partial charge in [0.1, 0.15) is 0 Å². The van der Waals surface area contributed by atoms with E-state index in [-0.39, 0.29) is 6.04 Å². The van der Waals surface area contributed by atoms with Crippen LogP contribution in [0.25, 0.3) is 0 Å². The van der Waals surface area contributed by atoms with Gasteiger partial charge in [-0.05, 0) is 26.2 Å². The van der Waals surface area contributed by atoms with Gasteiger partial charge in [0, 0.05) is 25.7 Å². The van der Waals surface area contributed by atoms with Crippen molar-refractivity contribution < 1.29 is 4.74 Å². The molecule has 0 bridgehead atoms. The highest BCUT2D eigenvalue weighted by Crippen LogP contribution is 2.01. The summed E-state index contributed by atoms with van der Waals surface area (Å²) in [6, 6.07) is 0.255. The van der Waals surface area contributed by atoms with Crippen LogP contribution in [-0.4, -0.2) is 19.3 Å². The van der Waals surface area contributed by atoms with Gasteiger partial charge in [-0.15, -0.1) is 12.3 Å². The molecule has 0 aliphatic rings. The molecule has 1 unspecified atom stereocenters. The van der Waals surface area contributed by atoms with E-state index in [0.717, 1.165) is 38.9 Å². The fourth-order valence-corrected chi connectivity index (χ4v) is 0.990. The molecule has 0 fully saturated rings. The largest absolute Gasteiger partial charge is 0.382 e. The molecule has 2 nitrogen and oxygen atoms in total. The maximum Gasteiger partial charge on any atom is 0.0480 e. The first-order chi connectivity index (χ1) is 5.81. The molecule has 0 rings (SSSR count). The molecule has 0 spiro atoms. The Morgan fingerprint density at radius 2 is 2.25 bits per heavy atom. The molecule has 0 aromatic heterocycles. The summed E-state index contributed by atoms with van der Waals surface area (Å²) < 4.78 is 5.19. The summed E-state index contributed by atoms with van der Waals surface area (Å²) in [5.74, 6) is 2.60. The molecule has 2 N–H and O–H groups in total. The lowest BCUT2D eigenvalue weighted by molar-refractivity contribution is 0.139. The average molecular weight is 169 g/mol. The molecule has 0 aromatic carbocycles. The number of hydrogen-bond donors (Lipinski definition) is 1. The second kappa shape index (κ2) is 8.58. The van der Waals surface area contributed by atoms with E-state index in [4.69, 9.17) is 16.9 Å². The zero-order valence-electron chi connectivity index (χ0n) is 7.88. The Morgan fingerprint density at radius 3 is 2.83 bits per heavy atom. The van der Waals surface area contributed by atoms with Gasteiger partial charge in [-0.1, -0.05) is 0 Å². The Labute approximate surface area is 75.5 Å². The van der Waals surface area contributed by atoms with Crippen molar-refractivity contribution in [2.45, 2.75) is 38.6 Å². The number of hydrogen-bond acceptors (Lipinski definition) is 2. The molecule has 2 heteroatoms. The van der Waals surface area contributed by atoms with Gasteiger partial charge in [0.2, 0.25) is 0 Å².